The summed E-state index contributed by atoms with van der Waals surface area (Å²) >= 11 is 0. The van der Waals surface area contributed by atoms with E-state index in [1.165, 1.54) is 25.3 Å². The Balaban J connectivity index is 2.88. The van der Waals surface area contributed by atoms with Crippen LogP contribution in [-0.4, -0.2) is 37.6 Å². The molecule has 0 bridgehead atoms. The summed E-state index contributed by atoms with van der Waals surface area (Å²) in [7, 11) is 1.35. The number of alkyl halides is 2. The Kier molecular flexibility index (Phi) is 7.53. The summed E-state index contributed by atoms with van der Waals surface area (Å²) in [5.74, 6) is -0.114. The summed E-state index contributed by atoms with van der Waals surface area (Å²) in [6.45, 7) is 5.06. The van der Waals surface area contributed by atoms with Crippen LogP contribution < -0.4 is 9.47 Å². The van der Waals surface area contributed by atoms with Crippen LogP contribution in [0.5, 0.6) is 11.5 Å². The Labute approximate surface area is 134 Å². The number of methoxy groups -OCH3 is 1. The number of benzene rings is 1. The Bertz CT molecular complexity index is 575. The number of ether oxygens (including phenoxy) is 2. The van der Waals surface area contributed by atoms with Gasteiger partial charge in [0.15, 0.2) is 11.5 Å². The third-order valence-electron chi connectivity index (χ3n) is 2.83. The molecule has 0 N–H and O–H groups in total. The van der Waals surface area contributed by atoms with Crippen LogP contribution in [0.2, 0.25) is 0 Å². The Morgan fingerprint density at radius 3 is 2.43 bits per heavy atom. The van der Waals surface area contributed by atoms with E-state index < -0.39 is 6.61 Å². The molecule has 1 amide bonds. The third kappa shape index (κ3) is 5.94. The van der Waals surface area contributed by atoms with Crippen molar-refractivity contribution >= 4 is 12.0 Å². The maximum absolute atomic E-state index is 12.3. The average molecular weight is 323 g/mol. The van der Waals surface area contributed by atoms with Crippen molar-refractivity contribution in [3.8, 4) is 11.5 Å². The molecule has 0 aliphatic heterocycles. The van der Waals surface area contributed by atoms with Gasteiger partial charge in [-0.1, -0.05) is 18.2 Å². The molecule has 0 saturated heterocycles. The molecule has 0 atom stereocenters. The van der Waals surface area contributed by atoms with Crippen LogP contribution in [0.3, 0.4) is 0 Å². The van der Waals surface area contributed by atoms with E-state index in [9.17, 15) is 13.6 Å². The number of rotatable bonds is 9. The quantitative estimate of drug-likeness (QED) is 0.516. The first-order valence-corrected chi connectivity index (χ1v) is 6.83. The molecule has 0 saturated carbocycles. The van der Waals surface area contributed by atoms with Crippen molar-refractivity contribution in [2.45, 2.75) is 6.61 Å². The van der Waals surface area contributed by atoms with Gasteiger partial charge in [-0.05, 0) is 23.8 Å². The molecule has 23 heavy (non-hydrogen) atoms. The minimum Gasteiger partial charge on any atom is -0.493 e. The maximum atomic E-state index is 12.3. The molecular weight excluding hydrogens is 304 g/mol. The Morgan fingerprint density at radius 2 is 1.91 bits per heavy atom. The van der Waals surface area contributed by atoms with Crippen molar-refractivity contribution in [3.63, 3.8) is 0 Å². The van der Waals surface area contributed by atoms with E-state index in [1.807, 2.05) is 0 Å². The molecule has 6 heteroatoms. The molecule has 0 unspecified atom stereocenters. The third-order valence-corrected chi connectivity index (χ3v) is 2.83. The van der Waals surface area contributed by atoms with E-state index in [2.05, 4.69) is 17.9 Å². The van der Waals surface area contributed by atoms with Crippen molar-refractivity contribution in [1.29, 1.82) is 0 Å². The average Bonchev–Trinajstić information content (AvgIpc) is 2.52. The normalized spacial score (nSPS) is 10.6. The minimum absolute atomic E-state index is 0.0640. The summed E-state index contributed by atoms with van der Waals surface area (Å²) in [5, 5.41) is 0. The first kappa shape index (κ1) is 18.4. The second-order valence-electron chi connectivity index (χ2n) is 4.44. The van der Waals surface area contributed by atoms with Crippen molar-refractivity contribution in [3.05, 3.63) is 55.1 Å². The zero-order valence-electron chi connectivity index (χ0n) is 12.9. The number of hydrogen-bond acceptors (Lipinski definition) is 3. The number of amides is 1. The fraction of sp³-hybridized carbons (Fsp3) is 0.235. The number of carbonyl (C=O) groups is 1. The Hall–Kier alpha value is -2.63. The van der Waals surface area contributed by atoms with E-state index in [4.69, 9.17) is 4.74 Å². The summed E-state index contributed by atoms with van der Waals surface area (Å²) in [4.78, 5) is 13.6. The van der Waals surface area contributed by atoms with Crippen molar-refractivity contribution in [2.75, 3.05) is 20.2 Å². The van der Waals surface area contributed by atoms with Crippen LogP contribution >= 0.6 is 0 Å². The van der Waals surface area contributed by atoms with Gasteiger partial charge in [0.05, 0.1) is 7.11 Å². The SMILES string of the molecule is C=CCN(CC=C)C(=O)C=Cc1ccc(OC(F)F)c(OC)c1. The van der Waals surface area contributed by atoms with Gasteiger partial charge < -0.3 is 14.4 Å². The van der Waals surface area contributed by atoms with Crippen molar-refractivity contribution in [2.24, 2.45) is 0 Å². The summed E-state index contributed by atoms with van der Waals surface area (Å²) in [6, 6.07) is 4.42. The van der Waals surface area contributed by atoms with E-state index in [0.717, 1.165) is 0 Å². The standard InChI is InChI=1S/C17H19F2NO3/c1-4-10-20(11-5-2)16(21)9-7-13-6-8-14(23-17(18)19)15(12-13)22-3/h4-9,12,17H,1-2,10-11H2,3H3. The summed E-state index contributed by atoms with van der Waals surface area (Å²) in [6.07, 6.45) is 6.19. The van der Waals surface area contributed by atoms with Gasteiger partial charge in [0.2, 0.25) is 5.91 Å². The topological polar surface area (TPSA) is 38.8 Å². The largest absolute Gasteiger partial charge is 0.493 e. The molecule has 1 rings (SSSR count). The lowest BCUT2D eigenvalue weighted by Gasteiger charge is -2.16. The van der Waals surface area contributed by atoms with E-state index in [-0.39, 0.29) is 17.4 Å². The van der Waals surface area contributed by atoms with Gasteiger partial charge in [-0.15, -0.1) is 13.2 Å². The predicted octanol–water partition coefficient (Wildman–Crippen LogP) is 3.51. The van der Waals surface area contributed by atoms with Gasteiger partial charge in [-0.3, -0.25) is 4.79 Å². The van der Waals surface area contributed by atoms with Crippen LogP contribution in [0.25, 0.3) is 6.08 Å². The van der Waals surface area contributed by atoms with E-state index in [1.54, 1.807) is 29.2 Å². The van der Waals surface area contributed by atoms with E-state index in [0.29, 0.717) is 18.7 Å². The molecule has 4 nitrogen and oxygen atoms in total. The zero-order chi connectivity index (χ0) is 17.2. The van der Waals surface area contributed by atoms with Gasteiger partial charge in [0.25, 0.3) is 0 Å². The van der Waals surface area contributed by atoms with Crippen LogP contribution in [-0.2, 0) is 4.79 Å². The predicted molar refractivity (Wildman–Crippen MR) is 85.6 cm³/mol. The molecule has 0 aliphatic carbocycles. The van der Waals surface area contributed by atoms with Crippen LogP contribution in [0.4, 0.5) is 8.78 Å². The Morgan fingerprint density at radius 1 is 1.26 bits per heavy atom. The number of hydrogen-bond donors (Lipinski definition) is 0. The van der Waals surface area contributed by atoms with Gasteiger partial charge in [0, 0.05) is 19.2 Å². The minimum atomic E-state index is -2.93. The van der Waals surface area contributed by atoms with Crippen LogP contribution in [0.1, 0.15) is 5.56 Å². The highest BCUT2D eigenvalue weighted by Gasteiger charge is 2.11. The molecule has 0 fully saturated rings. The first-order chi connectivity index (χ1) is 11.0. The second-order valence-corrected chi connectivity index (χ2v) is 4.44. The summed E-state index contributed by atoms with van der Waals surface area (Å²) < 4.78 is 33.9. The molecule has 1 aromatic rings. The van der Waals surface area contributed by atoms with Gasteiger partial charge in [-0.2, -0.15) is 8.78 Å². The second kappa shape index (κ2) is 9.40. The van der Waals surface area contributed by atoms with Crippen molar-refractivity contribution < 1.29 is 23.0 Å². The number of nitrogens with zero attached hydrogens (tertiary/aromatic N) is 1. The lowest BCUT2D eigenvalue weighted by molar-refractivity contribution is -0.125. The van der Waals surface area contributed by atoms with Crippen LogP contribution in [0.15, 0.2) is 49.6 Å². The molecular formula is C17H19F2NO3. The number of carbonyl (C=O) groups excluding carboxylic acids is 1. The molecule has 0 spiro atoms. The number of halogens is 2. The smallest absolute Gasteiger partial charge is 0.387 e. The first-order valence-electron chi connectivity index (χ1n) is 6.83. The lowest BCUT2D eigenvalue weighted by Crippen LogP contribution is -2.29. The van der Waals surface area contributed by atoms with Crippen molar-refractivity contribution in [1.82, 2.24) is 4.90 Å². The highest BCUT2D eigenvalue weighted by atomic mass is 19.3. The highest BCUT2D eigenvalue weighted by Crippen LogP contribution is 2.29. The summed E-state index contributed by atoms with van der Waals surface area (Å²) in [5.41, 5.74) is 0.619. The molecule has 1 aromatic carbocycles. The van der Waals surface area contributed by atoms with Gasteiger partial charge >= 0.3 is 6.61 Å². The van der Waals surface area contributed by atoms with E-state index >= 15 is 0 Å². The lowest BCUT2D eigenvalue weighted by atomic mass is 10.2. The molecule has 124 valence electrons. The molecule has 0 aliphatic rings. The monoisotopic (exact) mass is 323 g/mol. The maximum Gasteiger partial charge on any atom is 0.387 e. The molecule has 0 radical (unpaired) electrons. The van der Waals surface area contributed by atoms with Gasteiger partial charge in [0.1, 0.15) is 0 Å². The highest BCUT2D eigenvalue weighted by molar-refractivity contribution is 5.92. The fourth-order valence-electron chi connectivity index (χ4n) is 1.82. The molecule has 0 aromatic heterocycles. The fourth-order valence-corrected chi connectivity index (χ4v) is 1.82. The van der Waals surface area contributed by atoms with Gasteiger partial charge in [-0.25, -0.2) is 0 Å². The van der Waals surface area contributed by atoms with Crippen LogP contribution in [0, 0.1) is 0 Å². The zero-order valence-corrected chi connectivity index (χ0v) is 12.9. The molecule has 0 heterocycles.